The number of benzene rings is 2. The van der Waals surface area contributed by atoms with Crippen molar-refractivity contribution in [3.05, 3.63) is 58.3 Å². The molecule has 1 aliphatic carbocycles. The van der Waals surface area contributed by atoms with Gasteiger partial charge in [0.1, 0.15) is 11.5 Å². The molecular formula is C26H32N2O2. The predicted molar refractivity (Wildman–Crippen MR) is 122 cm³/mol. The van der Waals surface area contributed by atoms with Gasteiger partial charge in [-0.2, -0.15) is 0 Å². The molecule has 1 aliphatic heterocycles. The van der Waals surface area contributed by atoms with Crippen molar-refractivity contribution < 1.29 is 9.47 Å². The Morgan fingerprint density at radius 1 is 1.00 bits per heavy atom. The highest BCUT2D eigenvalue weighted by Gasteiger charge is 2.33. The quantitative estimate of drug-likeness (QED) is 0.570. The summed E-state index contributed by atoms with van der Waals surface area (Å²) in [6.45, 7) is 7.44. The van der Waals surface area contributed by atoms with E-state index in [1.54, 1.807) is 25.5 Å². The fourth-order valence-corrected chi connectivity index (χ4v) is 5.76. The summed E-state index contributed by atoms with van der Waals surface area (Å²) in [5.41, 5.74) is 8.29. The average Bonchev–Trinajstić information content (AvgIpc) is 2.94. The maximum Gasteiger partial charge on any atom is 0.129 e. The number of hydrogen-bond donors (Lipinski definition) is 0. The number of fused-ring (bicyclic) bond motifs is 3. The van der Waals surface area contributed by atoms with Gasteiger partial charge in [0.05, 0.1) is 20.3 Å². The van der Waals surface area contributed by atoms with Crippen LogP contribution in [0.25, 0.3) is 10.9 Å². The standard InChI is InChI=1S/C26H32N2O2/c1-17-9-11-22-21(15-17)20-7-5-8-23-25(20)28(22)14-6-13-27(23)16-19-10-12-24(29-3)18(2)26(19)30-4/h9-12,15,23H,5-8,13-14,16H2,1-4H3/t23-/m0/s1. The van der Waals surface area contributed by atoms with Crippen molar-refractivity contribution in [3.63, 3.8) is 0 Å². The summed E-state index contributed by atoms with van der Waals surface area (Å²) in [5.74, 6) is 1.85. The highest BCUT2D eigenvalue weighted by Crippen LogP contribution is 2.43. The molecule has 0 radical (unpaired) electrons. The van der Waals surface area contributed by atoms with Crippen molar-refractivity contribution in [1.82, 2.24) is 9.47 Å². The van der Waals surface area contributed by atoms with Crippen molar-refractivity contribution in [2.75, 3.05) is 20.8 Å². The molecule has 0 amide bonds. The van der Waals surface area contributed by atoms with Crippen LogP contribution in [-0.2, 0) is 19.5 Å². The Morgan fingerprint density at radius 3 is 2.67 bits per heavy atom. The molecule has 0 spiro atoms. The number of hydrogen-bond acceptors (Lipinski definition) is 3. The Kier molecular flexibility index (Phi) is 4.98. The average molecular weight is 405 g/mol. The van der Waals surface area contributed by atoms with Gasteiger partial charge in [0.25, 0.3) is 0 Å². The van der Waals surface area contributed by atoms with E-state index in [9.17, 15) is 0 Å². The van der Waals surface area contributed by atoms with Crippen LogP contribution >= 0.6 is 0 Å². The van der Waals surface area contributed by atoms with E-state index in [-0.39, 0.29) is 0 Å². The van der Waals surface area contributed by atoms with E-state index < -0.39 is 0 Å². The van der Waals surface area contributed by atoms with Crippen LogP contribution in [0.3, 0.4) is 0 Å². The summed E-state index contributed by atoms with van der Waals surface area (Å²) in [4.78, 5) is 2.69. The van der Waals surface area contributed by atoms with Gasteiger partial charge in [-0.05, 0) is 63.3 Å². The zero-order valence-electron chi connectivity index (χ0n) is 18.6. The zero-order valence-corrected chi connectivity index (χ0v) is 18.6. The van der Waals surface area contributed by atoms with Crippen LogP contribution in [-0.4, -0.2) is 30.2 Å². The molecule has 0 bridgehead atoms. The number of ether oxygens (including phenoxy) is 2. The molecule has 1 atom stereocenters. The van der Waals surface area contributed by atoms with Gasteiger partial charge >= 0.3 is 0 Å². The van der Waals surface area contributed by atoms with Crippen LogP contribution < -0.4 is 9.47 Å². The Morgan fingerprint density at radius 2 is 1.87 bits per heavy atom. The molecule has 30 heavy (non-hydrogen) atoms. The van der Waals surface area contributed by atoms with Gasteiger partial charge < -0.3 is 14.0 Å². The van der Waals surface area contributed by atoms with Crippen molar-refractivity contribution >= 4 is 10.9 Å². The highest BCUT2D eigenvalue weighted by atomic mass is 16.5. The third kappa shape index (κ3) is 3.01. The number of rotatable bonds is 4. The normalized spacial score (nSPS) is 18.9. The van der Waals surface area contributed by atoms with Gasteiger partial charge in [-0.25, -0.2) is 0 Å². The van der Waals surface area contributed by atoms with E-state index in [0.717, 1.165) is 36.7 Å². The summed E-state index contributed by atoms with van der Waals surface area (Å²) < 4.78 is 14.0. The Labute approximate surface area is 179 Å². The molecule has 4 nitrogen and oxygen atoms in total. The minimum absolute atomic E-state index is 0.482. The van der Waals surface area contributed by atoms with Gasteiger partial charge in [0.15, 0.2) is 0 Å². The van der Waals surface area contributed by atoms with Crippen molar-refractivity contribution in [2.24, 2.45) is 0 Å². The molecule has 1 aromatic heterocycles. The Bertz CT molecular complexity index is 1090. The molecular weight excluding hydrogens is 372 g/mol. The van der Waals surface area contributed by atoms with Gasteiger partial charge in [-0.15, -0.1) is 0 Å². The first-order valence-electron chi connectivity index (χ1n) is 11.2. The molecule has 158 valence electrons. The van der Waals surface area contributed by atoms with Crippen molar-refractivity contribution in [1.29, 1.82) is 0 Å². The smallest absolute Gasteiger partial charge is 0.129 e. The highest BCUT2D eigenvalue weighted by molar-refractivity contribution is 5.87. The predicted octanol–water partition coefficient (Wildman–Crippen LogP) is 5.56. The Balaban J connectivity index is 1.57. The second kappa shape index (κ2) is 7.66. The van der Waals surface area contributed by atoms with Gasteiger partial charge in [-0.1, -0.05) is 17.7 Å². The second-order valence-electron chi connectivity index (χ2n) is 8.85. The lowest BCUT2D eigenvalue weighted by atomic mass is 9.90. The van der Waals surface area contributed by atoms with Crippen LogP contribution in [0.5, 0.6) is 11.5 Å². The zero-order chi connectivity index (χ0) is 20.8. The molecule has 0 fully saturated rings. The largest absolute Gasteiger partial charge is 0.496 e. The molecule has 0 N–H and O–H groups in total. The summed E-state index contributed by atoms with van der Waals surface area (Å²) >= 11 is 0. The van der Waals surface area contributed by atoms with Gasteiger partial charge in [0.2, 0.25) is 0 Å². The minimum atomic E-state index is 0.482. The fraction of sp³-hybridized carbons (Fsp3) is 0.462. The lowest BCUT2D eigenvalue weighted by Crippen LogP contribution is -2.31. The number of methoxy groups -OCH3 is 2. The third-order valence-electron chi connectivity index (χ3n) is 7.09. The fourth-order valence-electron chi connectivity index (χ4n) is 5.76. The van der Waals surface area contributed by atoms with Crippen molar-refractivity contribution in [2.45, 2.75) is 58.7 Å². The first-order valence-corrected chi connectivity index (χ1v) is 11.2. The monoisotopic (exact) mass is 404 g/mol. The summed E-state index contributed by atoms with van der Waals surface area (Å²) in [7, 11) is 3.49. The Hall–Kier alpha value is -2.46. The van der Waals surface area contributed by atoms with E-state index in [1.165, 1.54) is 47.7 Å². The number of nitrogens with zero attached hydrogens (tertiary/aromatic N) is 2. The van der Waals surface area contributed by atoms with E-state index in [4.69, 9.17) is 9.47 Å². The number of aromatic nitrogens is 1. The molecule has 2 aliphatic rings. The first-order chi connectivity index (χ1) is 14.6. The summed E-state index contributed by atoms with van der Waals surface area (Å²) in [6, 6.07) is 11.7. The SMILES string of the molecule is COc1ccc(CN2CCCn3c4c(c5cc(C)ccc53)CCC[C@@H]42)c(OC)c1C. The lowest BCUT2D eigenvalue weighted by molar-refractivity contribution is 0.171. The summed E-state index contributed by atoms with van der Waals surface area (Å²) in [6.07, 6.45) is 4.88. The first kappa shape index (κ1) is 19.5. The van der Waals surface area contributed by atoms with Crippen molar-refractivity contribution in [3.8, 4) is 11.5 Å². The van der Waals surface area contributed by atoms with E-state index in [2.05, 4.69) is 53.6 Å². The van der Waals surface area contributed by atoms with Crippen LogP contribution in [0.1, 0.15) is 53.3 Å². The molecule has 2 heterocycles. The van der Waals surface area contributed by atoms with Crippen LogP contribution in [0, 0.1) is 13.8 Å². The molecule has 0 unspecified atom stereocenters. The maximum atomic E-state index is 5.82. The molecule has 2 aromatic carbocycles. The van der Waals surface area contributed by atoms with Crippen LogP contribution in [0.2, 0.25) is 0 Å². The van der Waals surface area contributed by atoms with E-state index in [1.807, 2.05) is 0 Å². The minimum Gasteiger partial charge on any atom is -0.496 e. The molecule has 5 rings (SSSR count). The van der Waals surface area contributed by atoms with Crippen LogP contribution in [0.15, 0.2) is 30.3 Å². The molecule has 3 aromatic rings. The lowest BCUT2D eigenvalue weighted by Gasteiger charge is -2.34. The third-order valence-corrected chi connectivity index (χ3v) is 7.09. The summed E-state index contributed by atoms with van der Waals surface area (Å²) in [5, 5.41) is 1.48. The molecule has 0 saturated heterocycles. The second-order valence-corrected chi connectivity index (χ2v) is 8.85. The van der Waals surface area contributed by atoms with E-state index in [0.29, 0.717) is 6.04 Å². The van der Waals surface area contributed by atoms with E-state index >= 15 is 0 Å². The van der Waals surface area contributed by atoms with Gasteiger partial charge in [-0.3, -0.25) is 4.90 Å². The van der Waals surface area contributed by atoms with Gasteiger partial charge in [0, 0.05) is 47.4 Å². The molecule has 0 saturated carbocycles. The maximum absolute atomic E-state index is 5.82. The molecule has 4 heteroatoms. The topological polar surface area (TPSA) is 26.6 Å². The number of aryl methyl sites for hydroxylation is 3. The van der Waals surface area contributed by atoms with Crippen LogP contribution in [0.4, 0.5) is 0 Å².